The zero-order valence-electron chi connectivity index (χ0n) is 9.93. The van der Waals surface area contributed by atoms with E-state index in [1.165, 1.54) is 14.0 Å². The van der Waals surface area contributed by atoms with Gasteiger partial charge in [-0.1, -0.05) is 0 Å². The van der Waals surface area contributed by atoms with Crippen LogP contribution in [0.25, 0.3) is 0 Å². The zero-order chi connectivity index (χ0) is 12.5. The third kappa shape index (κ3) is 2.07. The molecule has 0 saturated carbocycles. The molecule has 1 rings (SSSR count). The Morgan fingerprint density at radius 3 is 2.44 bits per heavy atom. The van der Waals surface area contributed by atoms with Crippen LogP contribution in [-0.4, -0.2) is 18.9 Å². The fraction of sp³-hybridized carbons (Fsp3) is 0.417. The van der Waals surface area contributed by atoms with Crippen LogP contribution in [0.2, 0.25) is 0 Å². The molecule has 1 aromatic carbocycles. The van der Waals surface area contributed by atoms with Crippen LogP contribution in [0.4, 0.5) is 4.39 Å². The highest BCUT2D eigenvalue weighted by atomic mass is 19.1. The predicted molar refractivity (Wildman–Crippen MR) is 60.4 cm³/mol. The van der Waals surface area contributed by atoms with Crippen molar-refractivity contribution in [2.45, 2.75) is 26.8 Å². The van der Waals surface area contributed by atoms with Gasteiger partial charge in [-0.2, -0.15) is 0 Å². The maximum Gasteiger partial charge on any atom is 0.185 e. The van der Waals surface area contributed by atoms with Crippen LogP contribution in [0.1, 0.15) is 28.4 Å². The standard InChI is InChI=1S/C12H16FNO2/c1-6-5-7(2)12(16-4)9(10(6)13)11(15)8(3)14/h5,8H,14H2,1-4H3. The number of carbonyl (C=O) groups is 1. The Labute approximate surface area is 94.4 Å². The van der Waals surface area contributed by atoms with E-state index in [2.05, 4.69) is 0 Å². The molecule has 0 aromatic heterocycles. The highest BCUT2D eigenvalue weighted by Crippen LogP contribution is 2.29. The van der Waals surface area contributed by atoms with E-state index in [1.807, 2.05) is 0 Å². The van der Waals surface area contributed by atoms with Gasteiger partial charge in [-0.3, -0.25) is 4.79 Å². The molecule has 1 unspecified atom stereocenters. The molecule has 0 aliphatic carbocycles. The summed E-state index contributed by atoms with van der Waals surface area (Å²) in [6, 6.07) is 0.899. The summed E-state index contributed by atoms with van der Waals surface area (Å²) in [5.41, 5.74) is 6.59. The van der Waals surface area contributed by atoms with E-state index >= 15 is 0 Å². The van der Waals surface area contributed by atoms with E-state index < -0.39 is 17.6 Å². The first-order chi connectivity index (χ1) is 7.40. The van der Waals surface area contributed by atoms with Crippen molar-refractivity contribution in [1.29, 1.82) is 0 Å². The minimum absolute atomic E-state index is 0.0463. The normalized spacial score (nSPS) is 12.4. The van der Waals surface area contributed by atoms with Crippen molar-refractivity contribution in [2.75, 3.05) is 7.11 Å². The van der Waals surface area contributed by atoms with Crippen LogP contribution in [0.3, 0.4) is 0 Å². The average molecular weight is 225 g/mol. The van der Waals surface area contributed by atoms with Gasteiger partial charge in [-0.05, 0) is 38.0 Å². The number of aryl methyl sites for hydroxylation is 2. The van der Waals surface area contributed by atoms with Gasteiger partial charge >= 0.3 is 0 Å². The van der Waals surface area contributed by atoms with Crippen LogP contribution in [0.5, 0.6) is 5.75 Å². The Bertz CT molecular complexity index is 428. The second-order valence-electron chi connectivity index (χ2n) is 3.89. The summed E-state index contributed by atoms with van der Waals surface area (Å²) in [6.45, 7) is 4.90. The van der Waals surface area contributed by atoms with E-state index in [-0.39, 0.29) is 11.3 Å². The number of ketones is 1. The molecule has 88 valence electrons. The van der Waals surface area contributed by atoms with E-state index in [1.54, 1.807) is 19.9 Å². The molecule has 0 amide bonds. The van der Waals surface area contributed by atoms with Crippen LogP contribution in [-0.2, 0) is 0 Å². The topological polar surface area (TPSA) is 52.3 Å². The number of Topliss-reactive ketones (excluding diaryl/α,β-unsaturated/α-hetero) is 1. The molecule has 0 spiro atoms. The first-order valence-corrected chi connectivity index (χ1v) is 5.03. The van der Waals surface area contributed by atoms with Gasteiger partial charge < -0.3 is 10.5 Å². The maximum atomic E-state index is 13.9. The van der Waals surface area contributed by atoms with Crippen molar-refractivity contribution < 1.29 is 13.9 Å². The molecule has 4 heteroatoms. The second kappa shape index (κ2) is 4.61. The van der Waals surface area contributed by atoms with Gasteiger partial charge in [0.15, 0.2) is 5.78 Å². The molecular formula is C12H16FNO2. The number of hydrogen-bond donors (Lipinski definition) is 1. The fourth-order valence-electron chi connectivity index (χ4n) is 1.66. The number of benzene rings is 1. The van der Waals surface area contributed by atoms with E-state index in [9.17, 15) is 9.18 Å². The molecule has 0 bridgehead atoms. The molecule has 0 aliphatic heterocycles. The Morgan fingerprint density at radius 1 is 1.44 bits per heavy atom. The van der Waals surface area contributed by atoms with Gasteiger partial charge in [0.05, 0.1) is 18.7 Å². The monoisotopic (exact) mass is 225 g/mol. The highest BCUT2D eigenvalue weighted by molar-refractivity contribution is 6.02. The third-order valence-electron chi connectivity index (χ3n) is 2.45. The molecule has 0 fully saturated rings. The average Bonchev–Trinajstić information content (AvgIpc) is 2.21. The number of nitrogens with two attached hydrogens (primary N) is 1. The van der Waals surface area contributed by atoms with Crippen molar-refractivity contribution in [3.8, 4) is 5.75 Å². The van der Waals surface area contributed by atoms with Crippen molar-refractivity contribution in [1.82, 2.24) is 0 Å². The van der Waals surface area contributed by atoms with Gasteiger partial charge in [-0.15, -0.1) is 0 Å². The zero-order valence-corrected chi connectivity index (χ0v) is 9.93. The Kier molecular flexibility index (Phi) is 3.65. The summed E-state index contributed by atoms with van der Waals surface area (Å²) in [6.07, 6.45) is 0. The minimum Gasteiger partial charge on any atom is -0.496 e. The van der Waals surface area contributed by atoms with Gasteiger partial charge in [0, 0.05) is 0 Å². The van der Waals surface area contributed by atoms with E-state index in [4.69, 9.17) is 10.5 Å². The van der Waals surface area contributed by atoms with Crippen LogP contribution < -0.4 is 10.5 Å². The quantitative estimate of drug-likeness (QED) is 0.800. The van der Waals surface area contributed by atoms with Crippen LogP contribution in [0.15, 0.2) is 6.07 Å². The van der Waals surface area contributed by atoms with E-state index in [0.717, 1.165) is 5.56 Å². The van der Waals surface area contributed by atoms with Crippen molar-refractivity contribution >= 4 is 5.78 Å². The lowest BCUT2D eigenvalue weighted by Crippen LogP contribution is -2.28. The molecule has 1 aromatic rings. The number of ether oxygens (including phenoxy) is 1. The lowest BCUT2D eigenvalue weighted by molar-refractivity contribution is 0.0960. The van der Waals surface area contributed by atoms with Crippen LogP contribution in [0, 0.1) is 19.7 Å². The lowest BCUT2D eigenvalue weighted by Gasteiger charge is -2.14. The lowest BCUT2D eigenvalue weighted by atomic mass is 9.98. The highest BCUT2D eigenvalue weighted by Gasteiger charge is 2.23. The largest absolute Gasteiger partial charge is 0.496 e. The Morgan fingerprint density at radius 2 is 2.00 bits per heavy atom. The van der Waals surface area contributed by atoms with E-state index in [0.29, 0.717) is 5.56 Å². The third-order valence-corrected chi connectivity index (χ3v) is 2.45. The molecule has 1 atom stereocenters. The van der Waals surface area contributed by atoms with Crippen molar-refractivity contribution in [2.24, 2.45) is 5.73 Å². The molecule has 0 saturated heterocycles. The molecule has 0 heterocycles. The first kappa shape index (κ1) is 12.6. The molecule has 3 nitrogen and oxygen atoms in total. The Hall–Kier alpha value is -1.42. The maximum absolute atomic E-state index is 13.9. The summed E-state index contributed by atoms with van der Waals surface area (Å²) in [5, 5.41) is 0. The molecule has 2 N–H and O–H groups in total. The summed E-state index contributed by atoms with van der Waals surface area (Å²) in [4.78, 5) is 11.8. The summed E-state index contributed by atoms with van der Waals surface area (Å²) in [7, 11) is 1.41. The van der Waals surface area contributed by atoms with Crippen LogP contribution >= 0.6 is 0 Å². The molecule has 0 aliphatic rings. The van der Waals surface area contributed by atoms with Gasteiger partial charge in [0.2, 0.25) is 0 Å². The molecule has 16 heavy (non-hydrogen) atoms. The summed E-state index contributed by atoms with van der Waals surface area (Å²) < 4.78 is 19.0. The minimum atomic E-state index is -0.746. The fourth-order valence-corrected chi connectivity index (χ4v) is 1.66. The number of rotatable bonds is 3. The molecular weight excluding hydrogens is 209 g/mol. The Balaban J connectivity index is 3.51. The first-order valence-electron chi connectivity index (χ1n) is 5.03. The molecule has 0 radical (unpaired) electrons. The van der Waals surface area contributed by atoms with Gasteiger partial charge in [0.25, 0.3) is 0 Å². The predicted octanol–water partition coefficient (Wildman–Crippen LogP) is 1.98. The summed E-state index contributed by atoms with van der Waals surface area (Å²) in [5.74, 6) is -0.726. The summed E-state index contributed by atoms with van der Waals surface area (Å²) >= 11 is 0. The number of hydrogen-bond acceptors (Lipinski definition) is 3. The number of carbonyl (C=O) groups excluding carboxylic acids is 1. The van der Waals surface area contributed by atoms with Crippen molar-refractivity contribution in [3.05, 3.63) is 28.6 Å². The number of methoxy groups -OCH3 is 1. The SMILES string of the molecule is COc1c(C)cc(C)c(F)c1C(=O)C(C)N. The van der Waals surface area contributed by atoms with Crippen molar-refractivity contribution in [3.63, 3.8) is 0 Å². The smallest absolute Gasteiger partial charge is 0.185 e. The second-order valence-corrected chi connectivity index (χ2v) is 3.89. The van der Waals surface area contributed by atoms with Gasteiger partial charge in [0.1, 0.15) is 11.6 Å². The van der Waals surface area contributed by atoms with Gasteiger partial charge in [-0.25, -0.2) is 4.39 Å². The number of halogens is 1.